The van der Waals surface area contributed by atoms with Crippen molar-refractivity contribution >= 4 is 21.6 Å². The summed E-state index contributed by atoms with van der Waals surface area (Å²) in [5, 5.41) is 3.41. The summed E-state index contributed by atoms with van der Waals surface area (Å²) in [4.78, 5) is 0. The minimum atomic E-state index is -2.78. The van der Waals surface area contributed by atoms with Crippen LogP contribution < -0.4 is 5.32 Å². The molecule has 0 bridgehead atoms. The van der Waals surface area contributed by atoms with Gasteiger partial charge in [-0.25, -0.2) is 8.42 Å². The van der Waals surface area contributed by atoms with Crippen LogP contribution in [-0.4, -0.2) is 44.5 Å². The Morgan fingerprint density at radius 3 is 2.27 bits per heavy atom. The van der Waals surface area contributed by atoms with Gasteiger partial charge in [0, 0.05) is 30.3 Å². The van der Waals surface area contributed by atoms with Crippen LogP contribution in [0, 0.1) is 5.92 Å². The van der Waals surface area contributed by atoms with E-state index in [4.69, 9.17) is 0 Å². The summed E-state index contributed by atoms with van der Waals surface area (Å²) in [7, 11) is -2.78. The Labute approximate surface area is 98.3 Å². The van der Waals surface area contributed by atoms with Crippen molar-refractivity contribution in [1.82, 2.24) is 5.32 Å². The normalized spacial score (nSPS) is 14.5. The number of thioether (sulfide) groups is 1. The fraction of sp³-hybridized carbons (Fsp3) is 1.00. The van der Waals surface area contributed by atoms with E-state index in [1.807, 2.05) is 0 Å². The van der Waals surface area contributed by atoms with E-state index in [0.717, 1.165) is 12.3 Å². The van der Waals surface area contributed by atoms with Crippen molar-refractivity contribution < 1.29 is 8.42 Å². The first-order valence-electron chi connectivity index (χ1n) is 5.32. The molecule has 0 saturated heterocycles. The number of nitrogens with one attached hydrogen (secondary N) is 1. The molecule has 0 radical (unpaired) electrons. The van der Waals surface area contributed by atoms with Crippen molar-refractivity contribution in [2.24, 2.45) is 5.92 Å². The van der Waals surface area contributed by atoms with Crippen LogP contribution in [0.15, 0.2) is 0 Å². The van der Waals surface area contributed by atoms with Crippen LogP contribution in [0.3, 0.4) is 0 Å². The van der Waals surface area contributed by atoms with Crippen LogP contribution in [0.5, 0.6) is 0 Å². The molecule has 0 aliphatic rings. The molecule has 0 aromatic heterocycles. The molecule has 1 N–H and O–H groups in total. The van der Waals surface area contributed by atoms with Crippen LogP contribution in [0.4, 0.5) is 0 Å². The Morgan fingerprint density at radius 1 is 1.20 bits per heavy atom. The van der Waals surface area contributed by atoms with E-state index in [0.29, 0.717) is 17.7 Å². The van der Waals surface area contributed by atoms with Gasteiger partial charge in [0.05, 0.1) is 5.75 Å². The molecule has 0 rings (SSSR count). The molecule has 0 fully saturated rings. The van der Waals surface area contributed by atoms with E-state index in [2.05, 4.69) is 26.1 Å². The first-order chi connectivity index (χ1) is 6.83. The molecule has 0 spiro atoms. The van der Waals surface area contributed by atoms with E-state index in [9.17, 15) is 8.42 Å². The predicted molar refractivity (Wildman–Crippen MR) is 69.3 cm³/mol. The lowest BCUT2D eigenvalue weighted by molar-refractivity contribution is 0.438. The lowest BCUT2D eigenvalue weighted by Crippen LogP contribution is -2.32. The SMILES string of the molecule is CC(C)C(C)NCCSCCS(C)(=O)=O. The highest BCUT2D eigenvalue weighted by Gasteiger charge is 2.05. The molecule has 1 unspecified atom stereocenters. The number of hydrogen-bond donors (Lipinski definition) is 1. The number of hydrogen-bond acceptors (Lipinski definition) is 4. The average Bonchev–Trinajstić information content (AvgIpc) is 2.08. The molecule has 0 amide bonds. The maximum Gasteiger partial charge on any atom is 0.148 e. The van der Waals surface area contributed by atoms with Crippen molar-refractivity contribution in [3.05, 3.63) is 0 Å². The standard InChI is InChI=1S/C10H23NO2S2/c1-9(2)10(3)11-5-6-14-7-8-15(4,12)13/h9-11H,5-8H2,1-4H3. The second-order valence-electron chi connectivity index (χ2n) is 4.23. The van der Waals surface area contributed by atoms with Gasteiger partial charge >= 0.3 is 0 Å². The first kappa shape index (κ1) is 15.3. The van der Waals surface area contributed by atoms with Crippen LogP contribution in [0.1, 0.15) is 20.8 Å². The van der Waals surface area contributed by atoms with Crippen molar-refractivity contribution in [1.29, 1.82) is 0 Å². The Morgan fingerprint density at radius 2 is 1.80 bits per heavy atom. The smallest absolute Gasteiger partial charge is 0.148 e. The molecule has 0 saturated carbocycles. The molecule has 0 aliphatic carbocycles. The second kappa shape index (κ2) is 7.52. The predicted octanol–water partition coefficient (Wildman–Crippen LogP) is 1.40. The van der Waals surface area contributed by atoms with Crippen LogP contribution in [-0.2, 0) is 9.84 Å². The summed E-state index contributed by atoms with van der Waals surface area (Å²) in [6.07, 6.45) is 1.28. The molecule has 0 aromatic rings. The van der Waals surface area contributed by atoms with Gasteiger partial charge in [0.2, 0.25) is 0 Å². The van der Waals surface area contributed by atoms with Gasteiger partial charge in [0.25, 0.3) is 0 Å². The summed E-state index contributed by atoms with van der Waals surface area (Å²) < 4.78 is 21.7. The van der Waals surface area contributed by atoms with Gasteiger partial charge in [-0.2, -0.15) is 11.8 Å². The third-order valence-corrected chi connectivity index (χ3v) is 4.50. The highest BCUT2D eigenvalue weighted by Crippen LogP contribution is 2.02. The van der Waals surface area contributed by atoms with Crippen LogP contribution in [0.2, 0.25) is 0 Å². The fourth-order valence-corrected chi connectivity index (χ4v) is 3.06. The van der Waals surface area contributed by atoms with E-state index in [1.54, 1.807) is 11.8 Å². The summed E-state index contributed by atoms with van der Waals surface area (Å²) >= 11 is 1.69. The lowest BCUT2D eigenvalue weighted by atomic mass is 10.1. The Kier molecular flexibility index (Phi) is 7.65. The fourth-order valence-electron chi connectivity index (χ4n) is 0.907. The number of sulfone groups is 1. The molecule has 0 aromatic carbocycles. The van der Waals surface area contributed by atoms with E-state index >= 15 is 0 Å². The molecular formula is C10H23NO2S2. The Balaban J connectivity index is 3.33. The maximum absolute atomic E-state index is 10.8. The highest BCUT2D eigenvalue weighted by atomic mass is 32.2. The highest BCUT2D eigenvalue weighted by molar-refractivity contribution is 8.00. The molecule has 0 heterocycles. The van der Waals surface area contributed by atoms with Gasteiger partial charge in [0.15, 0.2) is 0 Å². The zero-order chi connectivity index (χ0) is 11.9. The summed E-state index contributed by atoms with van der Waals surface area (Å²) in [5.41, 5.74) is 0. The van der Waals surface area contributed by atoms with E-state index < -0.39 is 9.84 Å². The van der Waals surface area contributed by atoms with E-state index in [-0.39, 0.29) is 5.75 Å². The first-order valence-corrected chi connectivity index (χ1v) is 8.53. The Bertz CT molecular complexity index is 250. The molecule has 92 valence electrons. The van der Waals surface area contributed by atoms with Crippen molar-refractivity contribution in [2.45, 2.75) is 26.8 Å². The van der Waals surface area contributed by atoms with Gasteiger partial charge in [-0.05, 0) is 12.8 Å². The molecule has 1 atom stereocenters. The summed E-state index contributed by atoms with van der Waals surface area (Å²) in [6.45, 7) is 7.50. The summed E-state index contributed by atoms with van der Waals surface area (Å²) in [6, 6.07) is 0.528. The maximum atomic E-state index is 10.8. The molecule has 3 nitrogen and oxygen atoms in total. The van der Waals surface area contributed by atoms with Gasteiger partial charge in [-0.3, -0.25) is 0 Å². The molecular weight excluding hydrogens is 230 g/mol. The van der Waals surface area contributed by atoms with Gasteiger partial charge in [-0.15, -0.1) is 0 Å². The van der Waals surface area contributed by atoms with Crippen molar-refractivity contribution in [2.75, 3.05) is 30.1 Å². The monoisotopic (exact) mass is 253 g/mol. The largest absolute Gasteiger partial charge is 0.313 e. The quantitative estimate of drug-likeness (QED) is 0.664. The Hall–Kier alpha value is 0.260. The molecule has 15 heavy (non-hydrogen) atoms. The molecule has 0 aliphatic heterocycles. The van der Waals surface area contributed by atoms with E-state index in [1.165, 1.54) is 6.26 Å². The average molecular weight is 253 g/mol. The van der Waals surface area contributed by atoms with Gasteiger partial charge in [0.1, 0.15) is 9.84 Å². The lowest BCUT2D eigenvalue weighted by Gasteiger charge is -2.16. The number of rotatable bonds is 8. The van der Waals surface area contributed by atoms with Crippen LogP contribution in [0.25, 0.3) is 0 Å². The van der Waals surface area contributed by atoms with Crippen molar-refractivity contribution in [3.8, 4) is 0 Å². The third kappa shape index (κ3) is 10.5. The van der Waals surface area contributed by atoms with Crippen LogP contribution >= 0.6 is 11.8 Å². The zero-order valence-electron chi connectivity index (χ0n) is 10.1. The minimum absolute atomic E-state index is 0.289. The molecule has 5 heteroatoms. The second-order valence-corrected chi connectivity index (χ2v) is 7.71. The van der Waals surface area contributed by atoms with Gasteiger partial charge in [-0.1, -0.05) is 13.8 Å². The third-order valence-electron chi connectivity index (χ3n) is 2.31. The zero-order valence-corrected chi connectivity index (χ0v) is 11.7. The summed E-state index contributed by atoms with van der Waals surface area (Å²) in [5.74, 6) is 2.62. The van der Waals surface area contributed by atoms with Crippen molar-refractivity contribution in [3.63, 3.8) is 0 Å². The van der Waals surface area contributed by atoms with Gasteiger partial charge < -0.3 is 5.32 Å². The minimum Gasteiger partial charge on any atom is -0.313 e. The topological polar surface area (TPSA) is 46.2 Å².